The zero-order valence-corrected chi connectivity index (χ0v) is 39.4. The lowest BCUT2D eigenvalue weighted by molar-refractivity contribution is 0.661. The van der Waals surface area contributed by atoms with Crippen molar-refractivity contribution < 1.29 is 0 Å². The lowest BCUT2D eigenvalue weighted by Gasteiger charge is -2.43. The third-order valence-electron chi connectivity index (χ3n) is 15.6. The van der Waals surface area contributed by atoms with Crippen molar-refractivity contribution in [3.63, 3.8) is 0 Å². The number of hydrogen-bond donors (Lipinski definition) is 0. The summed E-state index contributed by atoms with van der Waals surface area (Å²) in [5, 5.41) is 5.23. The molecular weight excluding hydrogens is 854 g/mol. The molecule has 0 atom stereocenters. The number of fused-ring (bicyclic) bond motifs is 14. The first-order chi connectivity index (χ1) is 33.9. The minimum absolute atomic E-state index is 0.134. The molecule has 15 rings (SSSR count). The van der Waals surface area contributed by atoms with E-state index in [0.29, 0.717) is 0 Å². The van der Waals surface area contributed by atoms with Crippen LogP contribution < -0.4 is 20.6 Å². The maximum Gasteiger partial charge on any atom is 0.333 e. The van der Waals surface area contributed by atoms with Crippen molar-refractivity contribution in [2.75, 3.05) is 9.71 Å². The van der Waals surface area contributed by atoms with Gasteiger partial charge in [-0.05, 0) is 136 Å². The van der Waals surface area contributed by atoms with E-state index in [-0.39, 0.29) is 12.3 Å². The highest BCUT2D eigenvalue weighted by Crippen LogP contribution is 2.53. The van der Waals surface area contributed by atoms with Gasteiger partial charge in [-0.25, -0.2) is 0 Å². The molecule has 3 aliphatic rings. The molecule has 2 aromatic heterocycles. The number of rotatable bonds is 5. The predicted molar refractivity (Wildman–Crippen MR) is 295 cm³/mol. The quantitative estimate of drug-likeness (QED) is 0.160. The summed E-state index contributed by atoms with van der Waals surface area (Å²) in [7, 11) is 0. The number of thiophene rings is 1. The molecule has 3 nitrogen and oxygen atoms in total. The highest BCUT2D eigenvalue weighted by Gasteiger charge is 2.47. The average Bonchev–Trinajstić information content (AvgIpc) is 4.02. The summed E-state index contributed by atoms with van der Waals surface area (Å²) in [5.41, 5.74) is 23.7. The topological polar surface area (TPSA) is 11.4 Å². The van der Waals surface area contributed by atoms with Crippen molar-refractivity contribution in [3.05, 3.63) is 229 Å². The van der Waals surface area contributed by atoms with Gasteiger partial charge >= 0.3 is 6.85 Å². The van der Waals surface area contributed by atoms with Crippen LogP contribution in [0.3, 0.4) is 0 Å². The molecule has 324 valence electrons. The Morgan fingerprint density at radius 2 is 1.17 bits per heavy atom. The van der Waals surface area contributed by atoms with E-state index in [4.69, 9.17) is 0 Å². The molecule has 0 unspecified atom stereocenters. The molecule has 0 fully saturated rings. The van der Waals surface area contributed by atoms with Gasteiger partial charge < -0.3 is 14.3 Å². The van der Waals surface area contributed by atoms with Gasteiger partial charge in [-0.3, -0.25) is 0 Å². The van der Waals surface area contributed by atoms with Gasteiger partial charge in [0.15, 0.2) is 0 Å². The van der Waals surface area contributed by atoms with Crippen molar-refractivity contribution >= 4 is 99.5 Å². The van der Waals surface area contributed by atoms with E-state index < -0.39 is 0 Å². The molecule has 2 aliphatic heterocycles. The number of hydrogen-bond acceptors (Lipinski definition) is 3. The Balaban J connectivity index is 1.10. The van der Waals surface area contributed by atoms with E-state index in [9.17, 15) is 0 Å². The molecule has 0 spiro atoms. The van der Waals surface area contributed by atoms with Gasteiger partial charge in [-0.2, -0.15) is 0 Å². The molecule has 0 bridgehead atoms. The van der Waals surface area contributed by atoms with Crippen LogP contribution >= 0.6 is 11.3 Å². The molecule has 10 aromatic carbocycles. The molecule has 4 heterocycles. The lowest BCUT2D eigenvalue weighted by atomic mass is 9.43. The number of anilines is 5. The predicted octanol–water partition coefficient (Wildman–Crippen LogP) is 16.1. The number of aryl methyl sites for hydroxylation is 1. The Hall–Kier alpha value is -8.12. The van der Waals surface area contributed by atoms with Crippen molar-refractivity contribution in [2.45, 2.75) is 26.2 Å². The number of benzene rings is 10. The highest BCUT2D eigenvalue weighted by atomic mass is 32.1. The van der Waals surface area contributed by atoms with Crippen LogP contribution in [0.15, 0.2) is 212 Å². The summed E-state index contributed by atoms with van der Waals surface area (Å²) in [6, 6.07) is 80.0. The molecule has 0 amide bonds. The molecule has 0 radical (unpaired) electrons. The second kappa shape index (κ2) is 14.2. The van der Waals surface area contributed by atoms with Crippen LogP contribution in [0.5, 0.6) is 0 Å². The molecule has 0 saturated heterocycles. The van der Waals surface area contributed by atoms with Crippen LogP contribution in [0.25, 0.3) is 81.0 Å². The SMILES string of the molecule is Cc1ccc(N2B3c4cc5c(cc4-n4c6ccccc6c6c(-c7ccc8c(c7)sc7ccccc78)cc(c3c64)-c3ccc(N(c4ccccc4)c4ccccc4)cc32)-c2ccccc2C5(C)C)cc1. The van der Waals surface area contributed by atoms with Crippen molar-refractivity contribution in [2.24, 2.45) is 0 Å². The molecule has 0 saturated carbocycles. The summed E-state index contributed by atoms with van der Waals surface area (Å²) in [6.45, 7) is 6.89. The number of para-hydroxylation sites is 3. The first-order valence-corrected chi connectivity index (χ1v) is 24.9. The second-order valence-electron chi connectivity index (χ2n) is 19.7. The van der Waals surface area contributed by atoms with Crippen molar-refractivity contribution in [3.8, 4) is 39.1 Å². The van der Waals surface area contributed by atoms with Gasteiger partial charge in [-0.1, -0.05) is 153 Å². The minimum atomic E-state index is -0.173. The van der Waals surface area contributed by atoms with Crippen molar-refractivity contribution in [1.29, 1.82) is 0 Å². The summed E-state index contributed by atoms with van der Waals surface area (Å²) in [4.78, 5) is 5.08. The van der Waals surface area contributed by atoms with Crippen LogP contribution in [-0.4, -0.2) is 11.4 Å². The van der Waals surface area contributed by atoms with E-state index in [0.717, 1.165) is 17.1 Å². The van der Waals surface area contributed by atoms with Crippen molar-refractivity contribution in [1.82, 2.24) is 4.57 Å². The Morgan fingerprint density at radius 1 is 0.478 bits per heavy atom. The van der Waals surface area contributed by atoms with Gasteiger partial charge in [0.25, 0.3) is 0 Å². The van der Waals surface area contributed by atoms with Gasteiger partial charge in [0.1, 0.15) is 0 Å². The minimum Gasteiger partial charge on any atom is -0.376 e. The summed E-state index contributed by atoms with van der Waals surface area (Å²) in [5.74, 6) is 0. The third-order valence-corrected chi connectivity index (χ3v) is 16.7. The van der Waals surface area contributed by atoms with E-state index in [1.54, 1.807) is 0 Å². The summed E-state index contributed by atoms with van der Waals surface area (Å²) < 4.78 is 5.28. The standard InChI is InChI=1S/C64H44BN3S/c1-39-26-29-43(30-27-39)68-57-35-44(66(41-16-6-4-7-17-41)42-18-8-5-9-19-42)31-33-46(57)52-36-50(40-28-32-48-47-21-12-15-25-59(47)69-60(48)34-40)61-49-22-11-14-24-56(49)67-58-37-51-45-20-10-13-23-53(45)64(2,3)54(51)38-55(58)65(68)62(52)63(61)67/h4-38H,1-3H3. The molecule has 69 heavy (non-hydrogen) atoms. The fourth-order valence-electron chi connectivity index (χ4n) is 12.5. The Bertz CT molecular complexity index is 4090. The zero-order valence-electron chi connectivity index (χ0n) is 38.5. The van der Waals surface area contributed by atoms with Gasteiger partial charge in [0, 0.05) is 76.0 Å². The second-order valence-corrected chi connectivity index (χ2v) is 20.8. The number of nitrogens with zero attached hydrogens (tertiary/aromatic N) is 3. The van der Waals surface area contributed by atoms with E-state index in [1.165, 1.54) is 120 Å². The maximum absolute atomic E-state index is 2.68. The smallest absolute Gasteiger partial charge is 0.333 e. The highest BCUT2D eigenvalue weighted by molar-refractivity contribution is 7.25. The number of aromatic nitrogens is 1. The van der Waals surface area contributed by atoms with Crippen LogP contribution in [0, 0.1) is 6.92 Å². The van der Waals surface area contributed by atoms with E-state index in [1.807, 2.05) is 11.3 Å². The fraction of sp³-hybridized carbons (Fsp3) is 0.0625. The fourth-order valence-corrected chi connectivity index (χ4v) is 13.6. The lowest BCUT2D eigenvalue weighted by Crippen LogP contribution is -2.60. The zero-order chi connectivity index (χ0) is 45.7. The molecule has 1 aliphatic carbocycles. The Kier molecular flexibility index (Phi) is 8.02. The van der Waals surface area contributed by atoms with Crippen LogP contribution in [0.4, 0.5) is 28.4 Å². The van der Waals surface area contributed by atoms with E-state index in [2.05, 4.69) is 247 Å². The first kappa shape index (κ1) is 38.9. The van der Waals surface area contributed by atoms with Gasteiger partial charge in [0.05, 0.1) is 11.0 Å². The van der Waals surface area contributed by atoms with Crippen LogP contribution in [0.1, 0.15) is 30.5 Å². The molecule has 5 heteroatoms. The third kappa shape index (κ3) is 5.39. The molecule has 12 aromatic rings. The monoisotopic (exact) mass is 897 g/mol. The Labute approximate surface area is 405 Å². The Morgan fingerprint density at radius 3 is 1.97 bits per heavy atom. The molecule has 0 N–H and O–H groups in total. The largest absolute Gasteiger partial charge is 0.376 e. The van der Waals surface area contributed by atoms with Gasteiger partial charge in [-0.15, -0.1) is 11.3 Å². The van der Waals surface area contributed by atoms with Crippen LogP contribution in [0.2, 0.25) is 0 Å². The average molecular weight is 898 g/mol. The summed E-state index contributed by atoms with van der Waals surface area (Å²) in [6.07, 6.45) is 0. The van der Waals surface area contributed by atoms with Crippen LogP contribution in [-0.2, 0) is 5.41 Å². The normalized spacial score (nSPS) is 13.8. The van der Waals surface area contributed by atoms with Gasteiger partial charge in [0.2, 0.25) is 0 Å². The summed E-state index contributed by atoms with van der Waals surface area (Å²) >= 11 is 1.89. The molecular formula is C64H44BN3S. The van der Waals surface area contributed by atoms with E-state index >= 15 is 0 Å². The maximum atomic E-state index is 2.68. The first-order valence-electron chi connectivity index (χ1n) is 24.1.